The molecule has 0 spiro atoms. The molecular formula is C22H24F3INO4-. The fraction of sp³-hybridized carbons (Fsp3) is 0.455. The Balaban J connectivity index is 1.73. The minimum absolute atomic E-state index is 0.0408. The van der Waals surface area contributed by atoms with Gasteiger partial charge in [0, 0.05) is 0 Å². The van der Waals surface area contributed by atoms with Crippen molar-refractivity contribution in [3.63, 3.8) is 0 Å². The first-order valence-electron chi connectivity index (χ1n) is 9.84. The first-order valence-corrected chi connectivity index (χ1v) is 12.6. The fourth-order valence-electron chi connectivity index (χ4n) is 3.61. The Hall–Kier alpha value is -1.88. The molecule has 0 saturated carbocycles. The molecule has 1 N–H and O–H groups in total. The molecule has 3 rings (SSSR count). The minimum atomic E-state index is -4.38. The van der Waals surface area contributed by atoms with Gasteiger partial charge in [0.1, 0.15) is 0 Å². The average Bonchev–Trinajstić information content (AvgIpc) is 2.86. The summed E-state index contributed by atoms with van der Waals surface area (Å²) in [6.07, 6.45) is 0.0334. The second kappa shape index (κ2) is 10.2. The van der Waals surface area contributed by atoms with Crippen LogP contribution in [0.1, 0.15) is 24.0 Å². The molecule has 1 aromatic carbocycles. The molecule has 1 amide bonds. The predicted molar refractivity (Wildman–Crippen MR) is 104 cm³/mol. The first kappa shape index (κ1) is 23.8. The van der Waals surface area contributed by atoms with Crippen molar-refractivity contribution in [1.82, 2.24) is 4.90 Å². The van der Waals surface area contributed by atoms with E-state index in [-0.39, 0.29) is 20.2 Å². The van der Waals surface area contributed by atoms with Gasteiger partial charge in [-0.25, -0.2) is 0 Å². The first-order chi connectivity index (χ1) is 14.7. The number of aliphatic hydroxyl groups excluding tert-OH is 1. The molecule has 9 heteroatoms. The molecule has 0 aromatic heterocycles. The number of alkyl halides is 5. The van der Waals surface area contributed by atoms with Crippen LogP contribution in [-0.4, -0.2) is 56.5 Å². The van der Waals surface area contributed by atoms with Crippen molar-refractivity contribution in [2.75, 3.05) is 24.6 Å². The molecule has 5 nitrogen and oxygen atoms in total. The van der Waals surface area contributed by atoms with Crippen molar-refractivity contribution in [1.29, 1.82) is 0 Å². The van der Waals surface area contributed by atoms with Crippen LogP contribution in [0, 0.1) is 0 Å². The van der Waals surface area contributed by atoms with Crippen LogP contribution in [0.15, 0.2) is 47.6 Å². The van der Waals surface area contributed by atoms with Crippen molar-refractivity contribution < 1.29 is 53.8 Å². The molecule has 1 heterocycles. The van der Waals surface area contributed by atoms with Crippen LogP contribution >= 0.6 is 0 Å². The van der Waals surface area contributed by atoms with Gasteiger partial charge in [0.15, 0.2) is 0 Å². The summed E-state index contributed by atoms with van der Waals surface area (Å²) in [6.45, 7) is 0.744. The number of carbonyl (C=O) groups excluding carboxylic acids is 2. The standard InChI is InChI=1S/C22H24F3INO4/c1-31-20(29)12-26-19-11-15-4-7-18(28)10-16(15)13-27(21(19)30)9-8-14-2-5-17(6-3-14)22(23,24)25/h2-7,18-19,28H,8-13H2,1H3/q-1. The van der Waals surface area contributed by atoms with Gasteiger partial charge in [0.05, 0.1) is 0 Å². The fourth-order valence-corrected chi connectivity index (χ4v) is 6.37. The van der Waals surface area contributed by atoms with Crippen LogP contribution in [0.5, 0.6) is 0 Å². The van der Waals surface area contributed by atoms with E-state index in [1.807, 2.05) is 6.08 Å². The summed E-state index contributed by atoms with van der Waals surface area (Å²) < 4.78 is 43.0. The number of rotatable bonds is 6. The number of methoxy groups -OCH3 is 1. The van der Waals surface area contributed by atoms with Crippen molar-refractivity contribution in [3.05, 3.63) is 58.7 Å². The van der Waals surface area contributed by atoms with Crippen molar-refractivity contribution in [2.24, 2.45) is 0 Å². The number of ether oxygens (including phenoxy) is 1. The monoisotopic (exact) mass is 550 g/mol. The molecule has 1 aromatic rings. The third kappa shape index (κ3) is 6.31. The topological polar surface area (TPSA) is 66.8 Å². The van der Waals surface area contributed by atoms with Gasteiger partial charge in [-0.2, -0.15) is 0 Å². The Morgan fingerprint density at radius 2 is 1.97 bits per heavy atom. The van der Waals surface area contributed by atoms with Crippen LogP contribution < -0.4 is 21.2 Å². The number of carbonyl (C=O) groups is 2. The number of hydrogen-bond acceptors (Lipinski definition) is 4. The summed E-state index contributed by atoms with van der Waals surface area (Å²) in [5.74, 6) is -0.370. The van der Waals surface area contributed by atoms with Crippen LogP contribution in [0.25, 0.3) is 0 Å². The van der Waals surface area contributed by atoms with Crippen LogP contribution in [0.4, 0.5) is 13.2 Å². The molecule has 0 fully saturated rings. The Morgan fingerprint density at radius 3 is 2.61 bits per heavy atom. The van der Waals surface area contributed by atoms with E-state index in [9.17, 15) is 27.9 Å². The number of esters is 1. The quantitative estimate of drug-likeness (QED) is 0.301. The Morgan fingerprint density at radius 1 is 1.26 bits per heavy atom. The van der Waals surface area contributed by atoms with Gasteiger partial charge < -0.3 is 0 Å². The second-order valence-corrected chi connectivity index (χ2v) is 10.6. The Bertz CT molecular complexity index is 880. The Kier molecular flexibility index (Phi) is 7.79. The van der Waals surface area contributed by atoms with E-state index >= 15 is 0 Å². The van der Waals surface area contributed by atoms with E-state index in [4.69, 9.17) is 4.74 Å². The van der Waals surface area contributed by atoms with Crippen molar-refractivity contribution >= 4 is 11.9 Å². The summed E-state index contributed by atoms with van der Waals surface area (Å²) in [7, 11) is 1.32. The molecule has 2 atom stereocenters. The normalized spacial score (nSPS) is 21.8. The summed E-state index contributed by atoms with van der Waals surface area (Å²) in [4.78, 5) is 26.5. The maximum absolute atomic E-state index is 13.2. The van der Waals surface area contributed by atoms with Gasteiger partial charge in [-0.3, -0.25) is 0 Å². The third-order valence-electron chi connectivity index (χ3n) is 5.34. The number of benzene rings is 1. The molecule has 0 bridgehead atoms. The van der Waals surface area contributed by atoms with Crippen LogP contribution in [-0.2, 0) is 26.9 Å². The number of halogens is 4. The van der Waals surface area contributed by atoms with Crippen molar-refractivity contribution in [2.45, 2.75) is 35.5 Å². The SMILES string of the molecule is COC(=O)C[I-]C1CC2=C(CC(O)C=C2)CN(CCc2ccc(C(F)(F)F)cc2)C1=O. The van der Waals surface area contributed by atoms with Gasteiger partial charge >= 0.3 is 189 Å². The van der Waals surface area contributed by atoms with E-state index in [1.54, 1.807) is 11.0 Å². The summed E-state index contributed by atoms with van der Waals surface area (Å²) in [5.41, 5.74) is 2.04. The van der Waals surface area contributed by atoms with E-state index in [0.29, 0.717) is 37.9 Å². The van der Waals surface area contributed by atoms with Gasteiger partial charge in [0.2, 0.25) is 0 Å². The molecule has 1 aliphatic carbocycles. The predicted octanol–water partition coefficient (Wildman–Crippen LogP) is -0.272. The molecule has 0 saturated heterocycles. The molecule has 31 heavy (non-hydrogen) atoms. The molecule has 2 aliphatic rings. The number of nitrogens with zero attached hydrogens (tertiary/aromatic N) is 1. The zero-order valence-corrected chi connectivity index (χ0v) is 19.1. The van der Waals surface area contributed by atoms with Crippen LogP contribution in [0.2, 0.25) is 0 Å². The van der Waals surface area contributed by atoms with E-state index in [0.717, 1.165) is 23.3 Å². The number of aliphatic hydroxyl groups is 1. The zero-order chi connectivity index (χ0) is 22.6. The molecule has 170 valence electrons. The molecule has 2 unspecified atom stereocenters. The van der Waals surface area contributed by atoms with E-state index < -0.39 is 39.0 Å². The van der Waals surface area contributed by atoms with Gasteiger partial charge in [-0.05, 0) is 0 Å². The van der Waals surface area contributed by atoms with E-state index in [1.165, 1.54) is 19.2 Å². The average molecular weight is 550 g/mol. The van der Waals surface area contributed by atoms with Gasteiger partial charge in [-0.15, -0.1) is 0 Å². The van der Waals surface area contributed by atoms with Crippen LogP contribution in [0.3, 0.4) is 0 Å². The number of amides is 1. The third-order valence-corrected chi connectivity index (χ3v) is 8.44. The molecule has 1 aliphatic heterocycles. The Labute approximate surface area is 189 Å². The number of allylic oxidation sites excluding steroid dienone is 2. The van der Waals surface area contributed by atoms with Gasteiger partial charge in [0.25, 0.3) is 0 Å². The zero-order valence-electron chi connectivity index (χ0n) is 17.0. The summed E-state index contributed by atoms with van der Waals surface area (Å²) >= 11 is -0.779. The van der Waals surface area contributed by atoms with E-state index in [2.05, 4.69) is 0 Å². The van der Waals surface area contributed by atoms with Gasteiger partial charge in [-0.1, -0.05) is 0 Å². The molecular weight excluding hydrogens is 526 g/mol. The summed E-state index contributed by atoms with van der Waals surface area (Å²) in [6, 6.07) is 4.97. The summed E-state index contributed by atoms with van der Waals surface area (Å²) in [5, 5.41) is 10.00. The maximum atomic E-state index is 13.2. The second-order valence-electron chi connectivity index (χ2n) is 7.50. The molecule has 0 radical (unpaired) electrons. The number of hydrogen-bond donors (Lipinski definition) is 1. The van der Waals surface area contributed by atoms with Crippen molar-refractivity contribution in [3.8, 4) is 0 Å².